The summed E-state index contributed by atoms with van der Waals surface area (Å²) < 4.78 is 27.7. The molecule has 1 aliphatic rings. The van der Waals surface area contributed by atoms with E-state index in [9.17, 15) is 13.5 Å². The van der Waals surface area contributed by atoms with Crippen molar-refractivity contribution in [3.05, 3.63) is 0 Å². The molecule has 108 valence electrons. The highest BCUT2D eigenvalue weighted by molar-refractivity contribution is 7.87. The Bertz CT molecular complexity index is 370. The minimum Gasteiger partial charge on any atom is -0.389 e. The number of nitrogens with zero attached hydrogens (tertiary/aromatic N) is 1. The fourth-order valence-electron chi connectivity index (χ4n) is 2.40. The van der Waals surface area contributed by atoms with E-state index >= 15 is 0 Å². The van der Waals surface area contributed by atoms with E-state index in [1.165, 1.54) is 4.31 Å². The summed E-state index contributed by atoms with van der Waals surface area (Å²) in [4.78, 5) is 0. The minimum atomic E-state index is -3.49. The molecular weight excluding hydrogens is 252 g/mol. The molecule has 0 aromatic carbocycles. The molecule has 0 aromatic heterocycles. The molecule has 0 saturated heterocycles. The quantitative estimate of drug-likeness (QED) is 0.791. The fraction of sp³-hybridized carbons (Fsp3) is 1.00. The van der Waals surface area contributed by atoms with Crippen molar-refractivity contribution in [2.45, 2.75) is 58.1 Å². The second kappa shape index (κ2) is 5.86. The van der Waals surface area contributed by atoms with Gasteiger partial charge in [0.2, 0.25) is 0 Å². The zero-order valence-electron chi connectivity index (χ0n) is 11.8. The Labute approximate surface area is 111 Å². The van der Waals surface area contributed by atoms with Crippen molar-refractivity contribution in [3.8, 4) is 0 Å². The Morgan fingerprint density at radius 1 is 1.50 bits per heavy atom. The highest BCUT2D eigenvalue weighted by Gasteiger charge is 2.34. The fourth-order valence-corrected chi connectivity index (χ4v) is 3.61. The van der Waals surface area contributed by atoms with Crippen LogP contribution in [0.25, 0.3) is 0 Å². The topological polar surface area (TPSA) is 69.6 Å². The van der Waals surface area contributed by atoms with Crippen LogP contribution in [0.15, 0.2) is 0 Å². The van der Waals surface area contributed by atoms with Crippen LogP contribution >= 0.6 is 0 Å². The van der Waals surface area contributed by atoms with Crippen LogP contribution in [0.4, 0.5) is 0 Å². The van der Waals surface area contributed by atoms with Gasteiger partial charge in [0.15, 0.2) is 0 Å². The molecule has 0 amide bonds. The Kier molecular flexibility index (Phi) is 5.17. The van der Waals surface area contributed by atoms with Crippen LogP contribution in [-0.2, 0) is 10.2 Å². The molecule has 0 aromatic rings. The number of aliphatic hydroxyl groups is 1. The van der Waals surface area contributed by atoms with E-state index < -0.39 is 15.8 Å². The van der Waals surface area contributed by atoms with Gasteiger partial charge in [-0.1, -0.05) is 19.8 Å². The van der Waals surface area contributed by atoms with E-state index in [-0.39, 0.29) is 12.6 Å². The summed E-state index contributed by atoms with van der Waals surface area (Å²) in [6.07, 6.45) is 3.41. The highest BCUT2D eigenvalue weighted by atomic mass is 32.2. The molecule has 1 aliphatic carbocycles. The van der Waals surface area contributed by atoms with E-state index in [0.717, 1.165) is 12.8 Å². The van der Waals surface area contributed by atoms with Gasteiger partial charge in [0.05, 0.1) is 5.60 Å². The zero-order valence-corrected chi connectivity index (χ0v) is 12.6. The third kappa shape index (κ3) is 4.19. The first-order chi connectivity index (χ1) is 8.16. The summed E-state index contributed by atoms with van der Waals surface area (Å²) in [5.41, 5.74) is -0.886. The maximum Gasteiger partial charge on any atom is 0.279 e. The predicted molar refractivity (Wildman–Crippen MR) is 72.4 cm³/mol. The highest BCUT2D eigenvalue weighted by Crippen LogP contribution is 2.31. The molecular formula is C12H26N2O3S. The number of nitrogens with one attached hydrogen (secondary N) is 1. The van der Waals surface area contributed by atoms with Crippen molar-refractivity contribution in [1.82, 2.24) is 9.03 Å². The maximum atomic E-state index is 11.9. The van der Waals surface area contributed by atoms with E-state index in [1.807, 2.05) is 13.8 Å². The largest absolute Gasteiger partial charge is 0.389 e. The molecule has 2 atom stereocenters. The molecule has 0 radical (unpaired) electrons. The predicted octanol–water partition coefficient (Wildman–Crippen LogP) is 1.10. The Balaban J connectivity index is 2.59. The van der Waals surface area contributed by atoms with Crippen LogP contribution in [-0.4, -0.2) is 43.1 Å². The first kappa shape index (κ1) is 15.9. The van der Waals surface area contributed by atoms with E-state index in [4.69, 9.17) is 0 Å². The molecule has 0 bridgehead atoms. The molecule has 1 rings (SSSR count). The SMILES string of the molecule is CC1CCCC(O)(CNS(=O)(=O)N(C)C(C)C)C1. The van der Waals surface area contributed by atoms with Crippen LogP contribution < -0.4 is 4.72 Å². The van der Waals surface area contributed by atoms with E-state index in [0.29, 0.717) is 18.8 Å². The summed E-state index contributed by atoms with van der Waals surface area (Å²) >= 11 is 0. The minimum absolute atomic E-state index is 0.0950. The molecule has 5 nitrogen and oxygen atoms in total. The van der Waals surface area contributed by atoms with Gasteiger partial charge >= 0.3 is 0 Å². The molecule has 0 aliphatic heterocycles. The number of hydrogen-bond donors (Lipinski definition) is 2. The van der Waals surface area contributed by atoms with Gasteiger partial charge in [0.25, 0.3) is 10.2 Å². The van der Waals surface area contributed by atoms with Gasteiger partial charge in [-0.15, -0.1) is 0 Å². The van der Waals surface area contributed by atoms with Gasteiger partial charge in [-0.25, -0.2) is 0 Å². The average Bonchev–Trinajstić information content (AvgIpc) is 2.25. The Hall–Kier alpha value is -0.170. The van der Waals surface area contributed by atoms with Crippen LogP contribution in [0.2, 0.25) is 0 Å². The molecule has 2 N–H and O–H groups in total. The molecule has 2 unspecified atom stereocenters. The van der Waals surface area contributed by atoms with Crippen LogP contribution in [0, 0.1) is 5.92 Å². The molecule has 0 heterocycles. The third-order valence-corrected chi connectivity index (χ3v) is 5.45. The van der Waals surface area contributed by atoms with Gasteiger partial charge in [-0.3, -0.25) is 0 Å². The second-order valence-electron chi connectivity index (χ2n) is 5.86. The van der Waals surface area contributed by atoms with Crippen LogP contribution in [0.1, 0.15) is 46.5 Å². The summed E-state index contributed by atoms with van der Waals surface area (Å²) in [7, 11) is -1.95. The second-order valence-corrected chi connectivity index (χ2v) is 7.68. The van der Waals surface area contributed by atoms with Crippen LogP contribution in [0.5, 0.6) is 0 Å². The molecule has 1 fully saturated rings. The number of rotatable bonds is 5. The smallest absolute Gasteiger partial charge is 0.279 e. The van der Waals surface area contributed by atoms with Crippen molar-refractivity contribution in [3.63, 3.8) is 0 Å². The Morgan fingerprint density at radius 2 is 2.11 bits per heavy atom. The lowest BCUT2D eigenvalue weighted by atomic mass is 9.79. The van der Waals surface area contributed by atoms with Gasteiger partial charge in [-0.05, 0) is 32.6 Å². The first-order valence-corrected chi connectivity index (χ1v) is 8.05. The third-order valence-electron chi connectivity index (χ3n) is 3.76. The number of hydrogen-bond acceptors (Lipinski definition) is 3. The lowest BCUT2D eigenvalue weighted by Gasteiger charge is -2.36. The average molecular weight is 278 g/mol. The summed E-state index contributed by atoms with van der Waals surface area (Å²) in [6, 6.07) is -0.0950. The van der Waals surface area contributed by atoms with Crippen molar-refractivity contribution >= 4 is 10.2 Å². The summed E-state index contributed by atoms with van der Waals surface area (Å²) in [5, 5.41) is 10.4. The van der Waals surface area contributed by atoms with Gasteiger partial charge in [-0.2, -0.15) is 17.4 Å². The Morgan fingerprint density at radius 3 is 2.61 bits per heavy atom. The normalized spacial score (nSPS) is 30.1. The molecule has 6 heteroatoms. The first-order valence-electron chi connectivity index (χ1n) is 6.61. The lowest BCUT2D eigenvalue weighted by Crippen LogP contribution is -2.50. The molecule has 1 saturated carbocycles. The van der Waals surface area contributed by atoms with Gasteiger partial charge in [0, 0.05) is 19.6 Å². The van der Waals surface area contributed by atoms with E-state index in [2.05, 4.69) is 11.6 Å². The van der Waals surface area contributed by atoms with Crippen LogP contribution in [0.3, 0.4) is 0 Å². The molecule has 18 heavy (non-hydrogen) atoms. The monoisotopic (exact) mass is 278 g/mol. The van der Waals surface area contributed by atoms with Crippen molar-refractivity contribution < 1.29 is 13.5 Å². The van der Waals surface area contributed by atoms with E-state index in [1.54, 1.807) is 7.05 Å². The van der Waals surface area contributed by atoms with Crippen molar-refractivity contribution in [2.75, 3.05) is 13.6 Å². The lowest BCUT2D eigenvalue weighted by molar-refractivity contribution is -0.00779. The summed E-state index contributed by atoms with van der Waals surface area (Å²) in [6.45, 7) is 5.84. The summed E-state index contributed by atoms with van der Waals surface area (Å²) in [5.74, 6) is 0.455. The van der Waals surface area contributed by atoms with Crippen molar-refractivity contribution in [1.29, 1.82) is 0 Å². The standard InChI is InChI=1S/C12H26N2O3S/c1-10(2)14(4)18(16,17)13-9-12(15)7-5-6-11(3)8-12/h10-11,13,15H,5-9H2,1-4H3. The van der Waals surface area contributed by atoms with Crippen molar-refractivity contribution in [2.24, 2.45) is 5.92 Å². The van der Waals surface area contributed by atoms with Gasteiger partial charge < -0.3 is 5.11 Å². The zero-order chi connectivity index (χ0) is 14.0. The van der Waals surface area contributed by atoms with Gasteiger partial charge in [0.1, 0.15) is 0 Å². The maximum absolute atomic E-state index is 11.9. The molecule has 0 spiro atoms.